The van der Waals surface area contributed by atoms with Crippen LogP contribution in [0.25, 0.3) is 11.4 Å². The molecule has 112 valence electrons. The van der Waals surface area contributed by atoms with Crippen molar-refractivity contribution in [1.82, 2.24) is 14.8 Å². The molecule has 2 N–H and O–H groups in total. The largest absolute Gasteiger partial charge is 0.497 e. The molecule has 0 amide bonds. The standard InChI is InChI=1S/C15H15N5O2/c1-20-8-4-7-12(20)13-14(15(21)19-17-13)18-16-10-5-3-6-11(9-10)22-2/h3-9H,1-2H3,(H2,17,19,21). The molecule has 3 rings (SSSR count). The second-order valence-corrected chi connectivity index (χ2v) is 4.71. The van der Waals surface area contributed by atoms with Gasteiger partial charge in [0.1, 0.15) is 11.4 Å². The number of rotatable bonds is 4. The van der Waals surface area contributed by atoms with Crippen molar-refractivity contribution in [1.29, 1.82) is 0 Å². The summed E-state index contributed by atoms with van der Waals surface area (Å²) in [5, 5.41) is 13.6. The van der Waals surface area contributed by atoms with Gasteiger partial charge < -0.3 is 9.30 Å². The molecule has 0 spiro atoms. The Kier molecular flexibility index (Phi) is 3.61. The maximum absolute atomic E-state index is 11.9. The Morgan fingerprint density at radius 1 is 1.14 bits per heavy atom. The summed E-state index contributed by atoms with van der Waals surface area (Å²) in [5.41, 5.74) is 1.98. The van der Waals surface area contributed by atoms with Gasteiger partial charge in [0.15, 0.2) is 5.69 Å². The van der Waals surface area contributed by atoms with Crippen molar-refractivity contribution < 1.29 is 4.74 Å². The molecule has 2 heterocycles. The van der Waals surface area contributed by atoms with E-state index in [0.717, 1.165) is 5.69 Å². The van der Waals surface area contributed by atoms with Crippen molar-refractivity contribution >= 4 is 11.4 Å². The summed E-state index contributed by atoms with van der Waals surface area (Å²) in [6.45, 7) is 0. The summed E-state index contributed by atoms with van der Waals surface area (Å²) in [7, 11) is 3.48. The van der Waals surface area contributed by atoms with E-state index in [-0.39, 0.29) is 11.2 Å². The topological polar surface area (TPSA) is 87.5 Å². The summed E-state index contributed by atoms with van der Waals surface area (Å²) >= 11 is 0. The lowest BCUT2D eigenvalue weighted by Crippen LogP contribution is -1.96. The molecule has 3 aromatic rings. The second kappa shape index (κ2) is 5.72. The Morgan fingerprint density at radius 2 is 2.00 bits per heavy atom. The van der Waals surface area contributed by atoms with Gasteiger partial charge in [-0.3, -0.25) is 15.0 Å². The van der Waals surface area contributed by atoms with Gasteiger partial charge in [-0.1, -0.05) is 6.07 Å². The Balaban J connectivity index is 1.99. The quantitative estimate of drug-likeness (QED) is 0.725. The van der Waals surface area contributed by atoms with E-state index in [1.165, 1.54) is 0 Å². The number of aryl methyl sites for hydroxylation is 1. The van der Waals surface area contributed by atoms with Crippen LogP contribution in [0.15, 0.2) is 57.6 Å². The van der Waals surface area contributed by atoms with Crippen LogP contribution in [-0.2, 0) is 7.05 Å². The van der Waals surface area contributed by atoms with E-state index in [0.29, 0.717) is 17.1 Å². The molecule has 2 aromatic heterocycles. The minimum absolute atomic E-state index is 0.240. The summed E-state index contributed by atoms with van der Waals surface area (Å²) in [4.78, 5) is 11.9. The van der Waals surface area contributed by atoms with Gasteiger partial charge in [0, 0.05) is 19.3 Å². The number of nitrogens with zero attached hydrogens (tertiary/aromatic N) is 3. The number of nitrogens with one attached hydrogen (secondary N) is 2. The smallest absolute Gasteiger partial charge is 0.292 e. The zero-order valence-corrected chi connectivity index (χ0v) is 12.2. The molecule has 0 fully saturated rings. The molecule has 7 heteroatoms. The molecule has 7 nitrogen and oxygen atoms in total. The fourth-order valence-electron chi connectivity index (χ4n) is 2.13. The van der Waals surface area contributed by atoms with Gasteiger partial charge in [-0.25, -0.2) is 0 Å². The van der Waals surface area contributed by atoms with Crippen molar-refractivity contribution in [3.8, 4) is 17.1 Å². The summed E-state index contributed by atoms with van der Waals surface area (Å²) in [6.07, 6.45) is 1.89. The number of benzene rings is 1. The molecule has 0 unspecified atom stereocenters. The predicted molar refractivity (Wildman–Crippen MR) is 83.0 cm³/mol. The predicted octanol–water partition coefficient (Wildman–Crippen LogP) is 3.13. The minimum Gasteiger partial charge on any atom is -0.497 e. The van der Waals surface area contributed by atoms with Gasteiger partial charge >= 0.3 is 0 Å². The van der Waals surface area contributed by atoms with Crippen LogP contribution in [0.5, 0.6) is 5.75 Å². The van der Waals surface area contributed by atoms with Crippen LogP contribution in [0.1, 0.15) is 0 Å². The molecule has 0 saturated carbocycles. The third kappa shape index (κ3) is 2.56. The molecule has 0 saturated heterocycles. The number of ether oxygens (including phenoxy) is 1. The zero-order chi connectivity index (χ0) is 15.5. The molecule has 0 bridgehead atoms. The fraction of sp³-hybridized carbons (Fsp3) is 0.133. The number of hydrogen-bond donors (Lipinski definition) is 2. The first kappa shape index (κ1) is 13.9. The third-order valence-corrected chi connectivity index (χ3v) is 3.27. The Labute approximate surface area is 126 Å². The Hall–Kier alpha value is -3.09. The highest BCUT2D eigenvalue weighted by molar-refractivity contribution is 5.68. The average Bonchev–Trinajstić information content (AvgIpc) is 3.11. The highest BCUT2D eigenvalue weighted by Gasteiger charge is 2.13. The molecule has 0 aliphatic carbocycles. The van der Waals surface area contributed by atoms with Crippen molar-refractivity contribution in [2.45, 2.75) is 0 Å². The number of H-pyrrole nitrogens is 2. The average molecular weight is 297 g/mol. The Morgan fingerprint density at radius 3 is 2.73 bits per heavy atom. The lowest BCUT2D eigenvalue weighted by atomic mass is 10.3. The van der Waals surface area contributed by atoms with Gasteiger partial charge in [0.2, 0.25) is 0 Å². The first-order chi connectivity index (χ1) is 10.7. The van der Waals surface area contributed by atoms with Gasteiger partial charge in [-0.05, 0) is 24.3 Å². The van der Waals surface area contributed by atoms with Crippen LogP contribution in [-0.4, -0.2) is 21.9 Å². The van der Waals surface area contributed by atoms with E-state index in [1.807, 2.05) is 42.1 Å². The van der Waals surface area contributed by atoms with E-state index in [9.17, 15) is 4.79 Å². The van der Waals surface area contributed by atoms with Crippen molar-refractivity contribution in [2.24, 2.45) is 17.3 Å². The maximum atomic E-state index is 11.9. The second-order valence-electron chi connectivity index (χ2n) is 4.71. The van der Waals surface area contributed by atoms with E-state index in [4.69, 9.17) is 4.74 Å². The van der Waals surface area contributed by atoms with Gasteiger partial charge in [0.25, 0.3) is 5.56 Å². The lowest BCUT2D eigenvalue weighted by Gasteiger charge is -2.01. The first-order valence-corrected chi connectivity index (χ1v) is 6.67. The van der Waals surface area contributed by atoms with E-state index in [2.05, 4.69) is 20.4 Å². The number of aromatic nitrogens is 3. The number of methoxy groups -OCH3 is 1. The number of azo groups is 1. The van der Waals surface area contributed by atoms with Crippen LogP contribution in [0, 0.1) is 0 Å². The summed E-state index contributed by atoms with van der Waals surface area (Å²) < 4.78 is 7.03. The monoisotopic (exact) mass is 297 g/mol. The van der Waals surface area contributed by atoms with Crippen LogP contribution in [0.2, 0.25) is 0 Å². The highest BCUT2D eigenvalue weighted by atomic mass is 16.5. The SMILES string of the molecule is COc1cccc(N=Nc2c(-c3cccn3C)[nH][nH]c2=O)c1. The highest BCUT2D eigenvalue weighted by Crippen LogP contribution is 2.27. The van der Waals surface area contributed by atoms with Crippen LogP contribution in [0.4, 0.5) is 11.4 Å². The minimum atomic E-state index is -0.317. The molecular formula is C15H15N5O2. The zero-order valence-electron chi connectivity index (χ0n) is 12.2. The van der Waals surface area contributed by atoms with E-state index in [1.54, 1.807) is 19.2 Å². The fourth-order valence-corrected chi connectivity index (χ4v) is 2.13. The molecule has 0 radical (unpaired) electrons. The third-order valence-electron chi connectivity index (χ3n) is 3.27. The molecule has 1 aromatic carbocycles. The van der Waals surface area contributed by atoms with Crippen LogP contribution < -0.4 is 10.3 Å². The Bertz CT molecular complexity index is 872. The number of aromatic amines is 2. The normalized spacial score (nSPS) is 11.2. The van der Waals surface area contributed by atoms with Crippen molar-refractivity contribution in [3.05, 3.63) is 52.9 Å². The number of hydrogen-bond acceptors (Lipinski definition) is 4. The van der Waals surface area contributed by atoms with Crippen molar-refractivity contribution in [3.63, 3.8) is 0 Å². The first-order valence-electron chi connectivity index (χ1n) is 6.67. The van der Waals surface area contributed by atoms with E-state index < -0.39 is 0 Å². The molecule has 0 aliphatic heterocycles. The van der Waals surface area contributed by atoms with E-state index >= 15 is 0 Å². The maximum Gasteiger partial charge on any atom is 0.292 e. The molecule has 0 aliphatic rings. The lowest BCUT2D eigenvalue weighted by molar-refractivity contribution is 0.415. The summed E-state index contributed by atoms with van der Waals surface area (Å²) in [5.74, 6) is 0.682. The molecule has 22 heavy (non-hydrogen) atoms. The van der Waals surface area contributed by atoms with Crippen molar-refractivity contribution in [2.75, 3.05) is 7.11 Å². The van der Waals surface area contributed by atoms with Gasteiger partial charge in [-0.15, -0.1) is 5.11 Å². The summed E-state index contributed by atoms with van der Waals surface area (Å²) in [6, 6.07) is 10.9. The van der Waals surface area contributed by atoms with Crippen LogP contribution >= 0.6 is 0 Å². The van der Waals surface area contributed by atoms with Crippen LogP contribution in [0.3, 0.4) is 0 Å². The van der Waals surface area contributed by atoms with Gasteiger partial charge in [0.05, 0.1) is 18.5 Å². The molecular weight excluding hydrogens is 282 g/mol. The molecule has 0 atom stereocenters. The van der Waals surface area contributed by atoms with Gasteiger partial charge in [-0.2, -0.15) is 5.11 Å².